The number of nitrogens with zero attached hydrogens (tertiary/aromatic N) is 1. The van der Waals surface area contributed by atoms with Crippen LogP contribution in [-0.2, 0) is 6.61 Å². The lowest BCUT2D eigenvalue weighted by atomic mass is 10.1. The molecule has 106 valence electrons. The second-order valence-electron chi connectivity index (χ2n) is 4.70. The molecule has 20 heavy (non-hydrogen) atoms. The average molecular weight is 310 g/mol. The fourth-order valence-electron chi connectivity index (χ4n) is 2.27. The van der Waals surface area contributed by atoms with Gasteiger partial charge in [-0.05, 0) is 30.7 Å². The van der Waals surface area contributed by atoms with Gasteiger partial charge in [-0.25, -0.2) is 0 Å². The van der Waals surface area contributed by atoms with Crippen molar-refractivity contribution in [2.24, 2.45) is 0 Å². The number of hydrogen-bond donors (Lipinski definition) is 1. The van der Waals surface area contributed by atoms with E-state index in [0.29, 0.717) is 5.02 Å². The Balaban J connectivity index is 2.39. The van der Waals surface area contributed by atoms with Crippen LogP contribution < -0.4 is 4.90 Å². The van der Waals surface area contributed by atoms with Crippen molar-refractivity contribution in [2.45, 2.75) is 19.6 Å². The van der Waals surface area contributed by atoms with E-state index in [0.717, 1.165) is 21.8 Å². The molecule has 0 heterocycles. The van der Waals surface area contributed by atoms with Crippen LogP contribution in [0.4, 0.5) is 5.69 Å². The summed E-state index contributed by atoms with van der Waals surface area (Å²) in [4.78, 5) is 2.07. The minimum Gasteiger partial charge on any atom is -0.392 e. The lowest BCUT2D eigenvalue weighted by Crippen LogP contribution is -2.23. The SMILES string of the molecule is CC(c1ccccc1Cl)N(C)c1cccc(Cl)c1CO. The van der Waals surface area contributed by atoms with Crippen molar-refractivity contribution in [3.05, 3.63) is 63.6 Å². The van der Waals surface area contributed by atoms with Gasteiger partial charge in [0.1, 0.15) is 0 Å². The molecule has 1 atom stereocenters. The number of aliphatic hydroxyl groups excluding tert-OH is 1. The molecule has 0 saturated heterocycles. The smallest absolute Gasteiger partial charge is 0.0716 e. The van der Waals surface area contributed by atoms with E-state index >= 15 is 0 Å². The molecule has 0 aliphatic carbocycles. The van der Waals surface area contributed by atoms with Gasteiger partial charge in [0, 0.05) is 28.3 Å². The molecular formula is C16H17Cl2NO. The minimum atomic E-state index is -0.0887. The second kappa shape index (κ2) is 6.49. The predicted octanol–water partition coefficient (Wildman–Crippen LogP) is 4.68. The van der Waals surface area contributed by atoms with Crippen molar-refractivity contribution in [2.75, 3.05) is 11.9 Å². The molecule has 2 rings (SSSR count). The maximum atomic E-state index is 9.52. The Morgan fingerprint density at radius 3 is 2.35 bits per heavy atom. The zero-order chi connectivity index (χ0) is 14.7. The Kier molecular flexibility index (Phi) is 4.92. The molecule has 0 spiro atoms. The molecule has 2 nitrogen and oxygen atoms in total. The Morgan fingerprint density at radius 2 is 1.70 bits per heavy atom. The Hall–Kier alpha value is -1.22. The number of benzene rings is 2. The fraction of sp³-hybridized carbons (Fsp3) is 0.250. The van der Waals surface area contributed by atoms with Gasteiger partial charge in [0.25, 0.3) is 0 Å². The number of rotatable bonds is 4. The quantitative estimate of drug-likeness (QED) is 0.886. The zero-order valence-corrected chi connectivity index (χ0v) is 13.0. The predicted molar refractivity (Wildman–Crippen MR) is 85.6 cm³/mol. The highest BCUT2D eigenvalue weighted by molar-refractivity contribution is 6.32. The van der Waals surface area contributed by atoms with E-state index < -0.39 is 0 Å². The maximum Gasteiger partial charge on any atom is 0.0716 e. The monoisotopic (exact) mass is 309 g/mol. The standard InChI is InChI=1S/C16H17Cl2NO/c1-11(12-6-3-4-7-14(12)17)19(2)16-9-5-8-15(18)13(16)10-20/h3-9,11,20H,10H2,1-2H3. The molecule has 2 aromatic rings. The summed E-state index contributed by atoms with van der Waals surface area (Å²) < 4.78 is 0. The van der Waals surface area contributed by atoms with Crippen LogP contribution in [-0.4, -0.2) is 12.2 Å². The summed E-state index contributed by atoms with van der Waals surface area (Å²) in [6.45, 7) is 1.98. The van der Waals surface area contributed by atoms with Gasteiger partial charge >= 0.3 is 0 Å². The summed E-state index contributed by atoms with van der Waals surface area (Å²) in [5.41, 5.74) is 2.68. The van der Waals surface area contributed by atoms with E-state index in [1.807, 2.05) is 43.4 Å². The second-order valence-corrected chi connectivity index (χ2v) is 5.52. The van der Waals surface area contributed by atoms with Crippen LogP contribution in [0.5, 0.6) is 0 Å². The van der Waals surface area contributed by atoms with Crippen LogP contribution in [0, 0.1) is 0 Å². The lowest BCUT2D eigenvalue weighted by molar-refractivity contribution is 0.282. The normalized spacial score (nSPS) is 12.2. The van der Waals surface area contributed by atoms with E-state index in [-0.39, 0.29) is 12.6 Å². The van der Waals surface area contributed by atoms with Crippen LogP contribution in [0.2, 0.25) is 10.0 Å². The van der Waals surface area contributed by atoms with Crippen LogP contribution in [0.3, 0.4) is 0 Å². The fourth-order valence-corrected chi connectivity index (χ4v) is 2.79. The van der Waals surface area contributed by atoms with Crippen molar-refractivity contribution in [3.8, 4) is 0 Å². The van der Waals surface area contributed by atoms with Gasteiger partial charge in [-0.15, -0.1) is 0 Å². The van der Waals surface area contributed by atoms with Crippen molar-refractivity contribution in [3.63, 3.8) is 0 Å². The number of anilines is 1. The van der Waals surface area contributed by atoms with Crippen molar-refractivity contribution in [1.29, 1.82) is 0 Å². The Morgan fingerprint density at radius 1 is 1.05 bits per heavy atom. The van der Waals surface area contributed by atoms with E-state index in [1.54, 1.807) is 6.07 Å². The molecule has 0 radical (unpaired) electrons. The third-order valence-corrected chi connectivity index (χ3v) is 4.27. The van der Waals surface area contributed by atoms with Crippen molar-refractivity contribution in [1.82, 2.24) is 0 Å². The van der Waals surface area contributed by atoms with Gasteiger partial charge in [-0.2, -0.15) is 0 Å². The first kappa shape index (κ1) is 15.2. The molecule has 0 aliphatic heterocycles. The average Bonchev–Trinajstić information content (AvgIpc) is 2.46. The van der Waals surface area contributed by atoms with E-state index in [1.165, 1.54) is 0 Å². The van der Waals surface area contributed by atoms with E-state index in [9.17, 15) is 5.11 Å². The molecule has 0 aliphatic rings. The Labute approximate surface area is 129 Å². The summed E-state index contributed by atoms with van der Waals surface area (Å²) in [6.07, 6.45) is 0. The van der Waals surface area contributed by atoms with Gasteiger partial charge < -0.3 is 10.0 Å². The van der Waals surface area contributed by atoms with E-state index in [4.69, 9.17) is 23.2 Å². The summed E-state index contributed by atoms with van der Waals surface area (Å²) in [5, 5.41) is 10.8. The van der Waals surface area contributed by atoms with Crippen LogP contribution in [0.1, 0.15) is 24.1 Å². The highest BCUT2D eigenvalue weighted by Crippen LogP contribution is 2.34. The third kappa shape index (κ3) is 2.93. The van der Waals surface area contributed by atoms with Crippen LogP contribution >= 0.6 is 23.2 Å². The largest absolute Gasteiger partial charge is 0.392 e. The topological polar surface area (TPSA) is 23.5 Å². The van der Waals surface area contributed by atoms with Gasteiger partial charge in [-0.3, -0.25) is 0 Å². The first-order valence-corrected chi connectivity index (χ1v) is 7.17. The molecule has 0 aromatic heterocycles. The van der Waals surface area contributed by atoms with Crippen LogP contribution in [0.25, 0.3) is 0 Å². The summed E-state index contributed by atoms with van der Waals surface area (Å²) in [5.74, 6) is 0. The van der Waals surface area contributed by atoms with Gasteiger partial charge in [-0.1, -0.05) is 47.5 Å². The van der Waals surface area contributed by atoms with E-state index in [2.05, 4.69) is 11.8 Å². The highest BCUT2D eigenvalue weighted by atomic mass is 35.5. The molecule has 0 fully saturated rings. The molecule has 0 saturated carbocycles. The summed E-state index contributed by atoms with van der Waals surface area (Å²) >= 11 is 12.4. The Bertz CT molecular complexity index is 601. The molecule has 0 amide bonds. The molecule has 1 N–H and O–H groups in total. The van der Waals surface area contributed by atoms with Gasteiger partial charge in [0.2, 0.25) is 0 Å². The molecule has 0 bridgehead atoms. The van der Waals surface area contributed by atoms with Crippen LogP contribution in [0.15, 0.2) is 42.5 Å². The maximum absolute atomic E-state index is 9.52. The number of hydrogen-bond acceptors (Lipinski definition) is 2. The first-order valence-electron chi connectivity index (χ1n) is 6.41. The lowest BCUT2D eigenvalue weighted by Gasteiger charge is -2.30. The third-order valence-electron chi connectivity index (χ3n) is 3.57. The molecule has 2 aromatic carbocycles. The van der Waals surface area contributed by atoms with Gasteiger partial charge in [0.05, 0.1) is 12.6 Å². The van der Waals surface area contributed by atoms with Crippen molar-refractivity contribution < 1.29 is 5.11 Å². The minimum absolute atomic E-state index is 0.0764. The molecule has 1 unspecified atom stereocenters. The number of halogens is 2. The first-order chi connectivity index (χ1) is 9.56. The summed E-state index contributed by atoms with van der Waals surface area (Å²) in [7, 11) is 1.97. The van der Waals surface area contributed by atoms with Crippen molar-refractivity contribution >= 4 is 28.9 Å². The van der Waals surface area contributed by atoms with Gasteiger partial charge in [0.15, 0.2) is 0 Å². The number of aliphatic hydroxyl groups is 1. The highest BCUT2D eigenvalue weighted by Gasteiger charge is 2.18. The molecule has 4 heteroatoms. The summed E-state index contributed by atoms with van der Waals surface area (Å²) in [6, 6.07) is 13.5. The molecular weight excluding hydrogens is 293 g/mol. The zero-order valence-electron chi connectivity index (χ0n) is 11.5.